The Kier molecular flexibility index (Phi) is 8.30. The molecule has 7 nitrogen and oxygen atoms in total. The zero-order valence-electron chi connectivity index (χ0n) is 18.5. The highest BCUT2D eigenvalue weighted by atomic mass is 79.9. The molecule has 2 N–H and O–H groups in total. The Bertz CT molecular complexity index is 877. The number of carbonyl (C=O) groups is 3. The number of hydrogen-bond acceptors (Lipinski definition) is 3. The van der Waals surface area contributed by atoms with Crippen LogP contribution in [0.1, 0.15) is 46.5 Å². The quantitative estimate of drug-likeness (QED) is 0.471. The minimum atomic E-state index is -0.879. The van der Waals surface area contributed by atoms with Gasteiger partial charge in [-0.05, 0) is 75.6 Å². The fourth-order valence-electron chi connectivity index (χ4n) is 4.48. The van der Waals surface area contributed by atoms with Crippen molar-refractivity contribution >= 4 is 71.3 Å². The smallest absolute Gasteiger partial charge is 0.321 e. The summed E-state index contributed by atoms with van der Waals surface area (Å²) in [5, 5.41) is 5.93. The third-order valence-electron chi connectivity index (χ3n) is 6.08. The molecule has 32 heavy (non-hydrogen) atoms. The lowest BCUT2D eigenvalue weighted by Crippen LogP contribution is -2.73. The fraction of sp³-hybridized carbons (Fsp3) is 0.591. The Balaban J connectivity index is 1.73. The van der Waals surface area contributed by atoms with Gasteiger partial charge in [0.05, 0.1) is 5.69 Å². The highest BCUT2D eigenvalue weighted by molar-refractivity contribution is 9.11. The molecular formula is C22H29Br3N4O3. The molecule has 0 aliphatic carbocycles. The maximum absolute atomic E-state index is 13.2. The van der Waals surface area contributed by atoms with Crippen LogP contribution in [-0.2, 0) is 9.59 Å². The van der Waals surface area contributed by atoms with Gasteiger partial charge in [0.25, 0.3) is 0 Å². The third-order valence-corrected chi connectivity index (χ3v) is 7.79. The van der Waals surface area contributed by atoms with Gasteiger partial charge in [-0.2, -0.15) is 0 Å². The van der Waals surface area contributed by atoms with E-state index in [0.29, 0.717) is 50.5 Å². The van der Waals surface area contributed by atoms with Crippen molar-refractivity contribution in [2.45, 2.75) is 58.0 Å². The number of benzene rings is 1. The molecule has 2 fully saturated rings. The first-order valence-corrected chi connectivity index (χ1v) is 13.3. The largest absolute Gasteiger partial charge is 0.342 e. The zero-order chi connectivity index (χ0) is 23.6. The summed E-state index contributed by atoms with van der Waals surface area (Å²) in [6.07, 6.45) is 2.27. The summed E-state index contributed by atoms with van der Waals surface area (Å²) in [6, 6.07) is 3.03. The van der Waals surface area contributed by atoms with Crippen molar-refractivity contribution in [1.82, 2.24) is 15.1 Å². The Hall–Kier alpha value is -1.13. The highest BCUT2D eigenvalue weighted by Gasteiger charge is 2.53. The number of likely N-dealkylation sites (tertiary alicyclic amines) is 1. The molecule has 1 unspecified atom stereocenters. The van der Waals surface area contributed by atoms with E-state index < -0.39 is 11.6 Å². The topological polar surface area (TPSA) is 81.8 Å². The number of urea groups is 1. The number of halogens is 3. The number of carbonyl (C=O) groups excluding carboxylic acids is 3. The first kappa shape index (κ1) is 25.5. The first-order chi connectivity index (χ1) is 15.1. The highest BCUT2D eigenvalue weighted by Crippen LogP contribution is 2.36. The van der Waals surface area contributed by atoms with E-state index in [9.17, 15) is 14.4 Å². The van der Waals surface area contributed by atoms with Crippen LogP contribution in [0.2, 0.25) is 0 Å². The van der Waals surface area contributed by atoms with Crippen LogP contribution in [-0.4, -0.2) is 58.9 Å². The second-order valence-electron chi connectivity index (χ2n) is 8.84. The minimum absolute atomic E-state index is 0.000718. The first-order valence-electron chi connectivity index (χ1n) is 10.9. The van der Waals surface area contributed by atoms with Crippen LogP contribution in [0.5, 0.6) is 0 Å². The molecule has 1 aromatic carbocycles. The van der Waals surface area contributed by atoms with Crippen molar-refractivity contribution in [3.05, 3.63) is 25.6 Å². The maximum atomic E-state index is 13.2. The average molecular weight is 637 g/mol. The van der Waals surface area contributed by atoms with Crippen LogP contribution in [0.25, 0.3) is 0 Å². The van der Waals surface area contributed by atoms with E-state index in [1.54, 1.807) is 9.80 Å². The molecule has 2 saturated heterocycles. The number of nitrogens with zero attached hydrogens (tertiary/aromatic N) is 2. The summed E-state index contributed by atoms with van der Waals surface area (Å²) in [5.41, 5.74) is -0.232. The summed E-state index contributed by atoms with van der Waals surface area (Å²) >= 11 is 10.4. The summed E-state index contributed by atoms with van der Waals surface area (Å²) in [7, 11) is 0. The van der Waals surface area contributed by atoms with Gasteiger partial charge in [0.15, 0.2) is 0 Å². The van der Waals surface area contributed by atoms with Crippen LogP contribution in [0.3, 0.4) is 0 Å². The molecule has 176 valence electrons. The van der Waals surface area contributed by atoms with E-state index in [1.165, 1.54) is 0 Å². The van der Waals surface area contributed by atoms with Crippen molar-refractivity contribution in [3.8, 4) is 0 Å². The molecule has 0 radical (unpaired) electrons. The van der Waals surface area contributed by atoms with Crippen molar-refractivity contribution < 1.29 is 14.4 Å². The standard InChI is InChI=1S/C22H29Br3N4O3/c1-4-7-29-19(30)17(10-13(2)3)26-20(31)22(29)5-8-28(9-6-22)21(32)27-18-15(24)11-14(23)12-16(18)25/h11-13,17H,4-10H2,1-3H3,(H,26,31)(H,27,32). The second kappa shape index (κ2) is 10.4. The van der Waals surface area contributed by atoms with Gasteiger partial charge >= 0.3 is 6.03 Å². The normalized spacial score (nSPS) is 20.7. The van der Waals surface area contributed by atoms with E-state index in [2.05, 4.69) is 58.4 Å². The van der Waals surface area contributed by atoms with E-state index in [4.69, 9.17) is 0 Å². The molecule has 2 heterocycles. The van der Waals surface area contributed by atoms with Crippen LogP contribution in [0, 0.1) is 5.92 Å². The van der Waals surface area contributed by atoms with Gasteiger partial charge < -0.3 is 20.4 Å². The van der Waals surface area contributed by atoms with E-state index in [-0.39, 0.29) is 17.8 Å². The van der Waals surface area contributed by atoms with Gasteiger partial charge in [-0.3, -0.25) is 9.59 Å². The molecule has 10 heteroatoms. The number of hydrogen-bond donors (Lipinski definition) is 2. The molecule has 3 rings (SSSR count). The number of nitrogens with one attached hydrogen (secondary N) is 2. The average Bonchev–Trinajstić information content (AvgIpc) is 2.72. The van der Waals surface area contributed by atoms with E-state index in [0.717, 1.165) is 19.8 Å². The molecule has 0 aromatic heterocycles. The van der Waals surface area contributed by atoms with Crippen LogP contribution >= 0.6 is 47.8 Å². The number of piperazine rings is 1. The Morgan fingerprint density at radius 3 is 2.31 bits per heavy atom. The molecule has 2 aliphatic heterocycles. The van der Waals surface area contributed by atoms with Gasteiger partial charge in [0.1, 0.15) is 11.6 Å². The Labute approximate surface area is 214 Å². The van der Waals surface area contributed by atoms with Crippen molar-refractivity contribution in [1.29, 1.82) is 0 Å². The molecule has 1 atom stereocenters. The molecule has 2 aliphatic rings. The zero-order valence-corrected chi connectivity index (χ0v) is 23.3. The summed E-state index contributed by atoms with van der Waals surface area (Å²) in [5.74, 6) is 0.222. The number of anilines is 1. The maximum Gasteiger partial charge on any atom is 0.321 e. The van der Waals surface area contributed by atoms with Crippen LogP contribution < -0.4 is 10.6 Å². The van der Waals surface area contributed by atoms with Crippen molar-refractivity contribution in [2.24, 2.45) is 5.92 Å². The number of amides is 4. The molecule has 1 spiro atoms. The predicted octanol–water partition coefficient (Wildman–Crippen LogP) is 5.12. The lowest BCUT2D eigenvalue weighted by Gasteiger charge is -2.51. The monoisotopic (exact) mass is 634 g/mol. The lowest BCUT2D eigenvalue weighted by atomic mass is 9.81. The summed E-state index contributed by atoms with van der Waals surface area (Å²) < 4.78 is 2.39. The van der Waals surface area contributed by atoms with Crippen molar-refractivity contribution in [3.63, 3.8) is 0 Å². The molecule has 1 aromatic rings. The fourth-order valence-corrected chi connectivity index (χ4v) is 6.94. The second-order valence-corrected chi connectivity index (χ2v) is 11.5. The SMILES string of the molecule is CCCN1C(=O)C(CC(C)C)NC(=O)C12CCN(C(=O)Nc1c(Br)cc(Br)cc1Br)CC2. The molecule has 4 amide bonds. The van der Waals surface area contributed by atoms with Gasteiger partial charge in [0.2, 0.25) is 11.8 Å². The third kappa shape index (κ3) is 5.17. The number of rotatable bonds is 5. The number of piperidine rings is 1. The lowest BCUT2D eigenvalue weighted by molar-refractivity contribution is -0.161. The molecule has 0 saturated carbocycles. The molecule has 0 bridgehead atoms. The molecular weight excluding hydrogens is 608 g/mol. The summed E-state index contributed by atoms with van der Waals surface area (Å²) in [4.78, 5) is 42.9. The van der Waals surface area contributed by atoms with Gasteiger partial charge in [0, 0.05) is 33.1 Å². The van der Waals surface area contributed by atoms with Crippen LogP contribution in [0.4, 0.5) is 10.5 Å². The van der Waals surface area contributed by atoms with Gasteiger partial charge in [-0.1, -0.05) is 36.7 Å². The summed E-state index contributed by atoms with van der Waals surface area (Å²) in [6.45, 7) is 7.45. The predicted molar refractivity (Wildman–Crippen MR) is 135 cm³/mol. The minimum Gasteiger partial charge on any atom is -0.342 e. The van der Waals surface area contributed by atoms with E-state index >= 15 is 0 Å². The Morgan fingerprint density at radius 2 is 1.78 bits per heavy atom. The van der Waals surface area contributed by atoms with Crippen molar-refractivity contribution in [2.75, 3.05) is 25.0 Å². The van der Waals surface area contributed by atoms with Gasteiger partial charge in [-0.25, -0.2) is 4.79 Å². The van der Waals surface area contributed by atoms with Gasteiger partial charge in [-0.15, -0.1) is 0 Å². The van der Waals surface area contributed by atoms with Crippen LogP contribution in [0.15, 0.2) is 25.6 Å². The van der Waals surface area contributed by atoms with E-state index in [1.807, 2.05) is 32.9 Å². The Morgan fingerprint density at radius 1 is 1.19 bits per heavy atom.